The van der Waals surface area contributed by atoms with Gasteiger partial charge in [0.05, 0.1) is 12.1 Å². The Hall–Kier alpha value is -0.390. The summed E-state index contributed by atoms with van der Waals surface area (Å²) in [6.07, 6.45) is 0. The molecule has 2 aliphatic rings. The standard InChI is InChI=1S/C5H9N3OS/c9-8-1-3-4(2-8)7-5(10)6-3/h3-4,9H,1-2H2,(H2,6,7,10). The van der Waals surface area contributed by atoms with E-state index in [1.165, 1.54) is 5.06 Å². The van der Waals surface area contributed by atoms with E-state index in [-0.39, 0.29) is 0 Å². The van der Waals surface area contributed by atoms with Gasteiger partial charge in [-0.1, -0.05) is 0 Å². The number of hydrogen-bond donors (Lipinski definition) is 3. The van der Waals surface area contributed by atoms with Crippen molar-refractivity contribution in [3.05, 3.63) is 0 Å². The fourth-order valence-electron chi connectivity index (χ4n) is 1.45. The van der Waals surface area contributed by atoms with Gasteiger partial charge >= 0.3 is 0 Å². The van der Waals surface area contributed by atoms with Crippen LogP contribution in [0.15, 0.2) is 0 Å². The van der Waals surface area contributed by atoms with Crippen LogP contribution in [0.1, 0.15) is 0 Å². The highest BCUT2D eigenvalue weighted by Crippen LogP contribution is 2.11. The second-order valence-electron chi connectivity index (χ2n) is 2.70. The molecule has 0 aromatic heterocycles. The molecule has 2 heterocycles. The minimum atomic E-state index is 0.303. The molecule has 0 spiro atoms. The predicted molar refractivity (Wildman–Crippen MR) is 39.8 cm³/mol. The summed E-state index contributed by atoms with van der Waals surface area (Å²) in [6, 6.07) is 0.606. The van der Waals surface area contributed by atoms with Gasteiger partial charge in [-0.25, -0.2) is 0 Å². The van der Waals surface area contributed by atoms with Crippen LogP contribution in [0.3, 0.4) is 0 Å². The summed E-state index contributed by atoms with van der Waals surface area (Å²) in [7, 11) is 0. The van der Waals surface area contributed by atoms with E-state index < -0.39 is 0 Å². The first-order valence-corrected chi connectivity index (χ1v) is 3.67. The molecule has 56 valence electrons. The van der Waals surface area contributed by atoms with E-state index in [9.17, 15) is 0 Å². The Bertz CT molecular complexity index is 158. The molecule has 4 nitrogen and oxygen atoms in total. The average molecular weight is 159 g/mol. The van der Waals surface area contributed by atoms with E-state index in [4.69, 9.17) is 17.4 Å². The van der Waals surface area contributed by atoms with Crippen LogP contribution in [-0.2, 0) is 0 Å². The molecule has 0 bridgehead atoms. The molecular weight excluding hydrogens is 150 g/mol. The summed E-state index contributed by atoms with van der Waals surface area (Å²) in [4.78, 5) is 0. The minimum Gasteiger partial charge on any atom is -0.356 e. The van der Waals surface area contributed by atoms with Crippen molar-refractivity contribution in [3.63, 3.8) is 0 Å². The summed E-state index contributed by atoms with van der Waals surface area (Å²) < 4.78 is 0. The quantitative estimate of drug-likeness (QED) is 0.392. The van der Waals surface area contributed by atoms with E-state index >= 15 is 0 Å². The molecule has 2 unspecified atom stereocenters. The average Bonchev–Trinajstić information content (AvgIpc) is 2.21. The van der Waals surface area contributed by atoms with Crippen molar-refractivity contribution >= 4 is 17.3 Å². The van der Waals surface area contributed by atoms with Crippen LogP contribution >= 0.6 is 12.2 Å². The van der Waals surface area contributed by atoms with Gasteiger partial charge in [-0.15, -0.1) is 0 Å². The first-order chi connectivity index (χ1) is 4.75. The van der Waals surface area contributed by atoms with Crippen molar-refractivity contribution in [2.45, 2.75) is 12.1 Å². The number of hydroxylamine groups is 2. The molecule has 2 fully saturated rings. The zero-order valence-corrected chi connectivity index (χ0v) is 6.19. The van der Waals surface area contributed by atoms with Crippen molar-refractivity contribution in [2.75, 3.05) is 13.1 Å². The molecular formula is C5H9N3OS. The third kappa shape index (κ3) is 0.865. The van der Waals surface area contributed by atoms with Gasteiger partial charge in [0.25, 0.3) is 0 Å². The zero-order chi connectivity index (χ0) is 7.14. The smallest absolute Gasteiger partial charge is 0.166 e. The minimum absolute atomic E-state index is 0.303. The summed E-state index contributed by atoms with van der Waals surface area (Å²) >= 11 is 4.89. The molecule has 2 saturated heterocycles. The summed E-state index contributed by atoms with van der Waals surface area (Å²) in [6.45, 7) is 1.33. The number of nitrogens with one attached hydrogen (secondary N) is 2. The monoisotopic (exact) mass is 159 g/mol. The van der Waals surface area contributed by atoms with Crippen molar-refractivity contribution in [1.82, 2.24) is 15.7 Å². The summed E-state index contributed by atoms with van der Waals surface area (Å²) in [5.74, 6) is 0. The van der Waals surface area contributed by atoms with E-state index in [1.54, 1.807) is 0 Å². The van der Waals surface area contributed by atoms with Crippen LogP contribution in [0.2, 0.25) is 0 Å². The third-order valence-electron chi connectivity index (χ3n) is 1.93. The van der Waals surface area contributed by atoms with Gasteiger partial charge in [0.1, 0.15) is 0 Å². The molecule has 3 N–H and O–H groups in total. The SMILES string of the molecule is ON1CC2NC(=S)NC2C1. The normalized spacial score (nSPS) is 39.1. The fourth-order valence-corrected chi connectivity index (χ4v) is 1.76. The number of hydrogen-bond acceptors (Lipinski definition) is 3. The number of thiocarbonyl (C=S) groups is 1. The van der Waals surface area contributed by atoms with Crippen LogP contribution in [0.5, 0.6) is 0 Å². The Labute approximate surface area is 64.2 Å². The maximum Gasteiger partial charge on any atom is 0.166 e. The molecule has 10 heavy (non-hydrogen) atoms. The number of fused-ring (bicyclic) bond motifs is 1. The van der Waals surface area contributed by atoms with Crippen molar-refractivity contribution in [1.29, 1.82) is 0 Å². The van der Waals surface area contributed by atoms with E-state index in [2.05, 4.69) is 10.6 Å². The second kappa shape index (κ2) is 2.05. The van der Waals surface area contributed by atoms with Crippen molar-refractivity contribution in [2.24, 2.45) is 0 Å². The van der Waals surface area contributed by atoms with Crippen LogP contribution in [0.4, 0.5) is 0 Å². The van der Waals surface area contributed by atoms with Gasteiger partial charge in [0.2, 0.25) is 0 Å². The van der Waals surface area contributed by atoms with E-state index in [1.807, 2.05) is 0 Å². The van der Waals surface area contributed by atoms with Crippen LogP contribution in [0.25, 0.3) is 0 Å². The van der Waals surface area contributed by atoms with Crippen molar-refractivity contribution < 1.29 is 5.21 Å². The largest absolute Gasteiger partial charge is 0.356 e. The van der Waals surface area contributed by atoms with Gasteiger partial charge in [-0.2, -0.15) is 5.06 Å². The van der Waals surface area contributed by atoms with Gasteiger partial charge in [0, 0.05) is 13.1 Å². The molecule has 0 aromatic carbocycles. The Morgan fingerprint density at radius 3 is 2.40 bits per heavy atom. The van der Waals surface area contributed by atoms with Gasteiger partial charge < -0.3 is 15.8 Å². The number of rotatable bonds is 0. The first kappa shape index (κ1) is 6.33. The molecule has 0 amide bonds. The molecule has 0 aromatic rings. The lowest BCUT2D eigenvalue weighted by molar-refractivity contribution is -0.0710. The Balaban J connectivity index is 2.06. The Morgan fingerprint density at radius 2 is 1.90 bits per heavy atom. The molecule has 0 aliphatic carbocycles. The molecule has 0 saturated carbocycles. The highest BCUT2D eigenvalue weighted by molar-refractivity contribution is 7.80. The maximum absolute atomic E-state index is 9.03. The lowest BCUT2D eigenvalue weighted by Crippen LogP contribution is -2.32. The molecule has 5 heteroatoms. The highest BCUT2D eigenvalue weighted by Gasteiger charge is 2.37. The van der Waals surface area contributed by atoms with Gasteiger partial charge in [-0.05, 0) is 12.2 Å². The second-order valence-corrected chi connectivity index (χ2v) is 3.11. The topological polar surface area (TPSA) is 47.5 Å². The Morgan fingerprint density at radius 1 is 1.40 bits per heavy atom. The predicted octanol–water partition coefficient (Wildman–Crippen LogP) is -1.09. The molecule has 0 radical (unpaired) electrons. The Kier molecular flexibility index (Phi) is 1.29. The number of nitrogens with zero attached hydrogens (tertiary/aromatic N) is 1. The third-order valence-corrected chi connectivity index (χ3v) is 2.17. The molecule has 2 rings (SSSR count). The summed E-state index contributed by atoms with van der Waals surface area (Å²) in [5, 5.41) is 17.2. The maximum atomic E-state index is 9.03. The van der Waals surface area contributed by atoms with E-state index in [0.29, 0.717) is 30.3 Å². The lowest BCUT2D eigenvalue weighted by atomic mass is 10.2. The van der Waals surface area contributed by atoms with E-state index in [0.717, 1.165) is 0 Å². The lowest BCUT2D eigenvalue weighted by Gasteiger charge is -2.07. The van der Waals surface area contributed by atoms with Crippen LogP contribution in [-0.4, -0.2) is 40.6 Å². The highest BCUT2D eigenvalue weighted by atomic mass is 32.1. The fraction of sp³-hybridized carbons (Fsp3) is 0.800. The van der Waals surface area contributed by atoms with Crippen molar-refractivity contribution in [3.8, 4) is 0 Å². The summed E-state index contributed by atoms with van der Waals surface area (Å²) in [5.41, 5.74) is 0. The molecule has 2 aliphatic heterocycles. The van der Waals surface area contributed by atoms with Crippen LogP contribution < -0.4 is 10.6 Å². The zero-order valence-electron chi connectivity index (χ0n) is 5.37. The van der Waals surface area contributed by atoms with Gasteiger partial charge in [0.15, 0.2) is 5.11 Å². The van der Waals surface area contributed by atoms with Gasteiger partial charge in [-0.3, -0.25) is 0 Å². The van der Waals surface area contributed by atoms with Crippen LogP contribution in [0, 0.1) is 0 Å². The molecule has 2 atom stereocenters. The first-order valence-electron chi connectivity index (χ1n) is 3.26.